The second-order valence-corrected chi connectivity index (χ2v) is 2.75. The van der Waals surface area contributed by atoms with Gasteiger partial charge >= 0.3 is 0 Å². The lowest BCUT2D eigenvalue weighted by Gasteiger charge is -1.99. The van der Waals surface area contributed by atoms with Crippen molar-refractivity contribution in [2.24, 2.45) is 5.92 Å². The van der Waals surface area contributed by atoms with Crippen LogP contribution in [0.1, 0.15) is 19.3 Å². The molecule has 0 radical (unpaired) electrons. The highest BCUT2D eigenvalue weighted by molar-refractivity contribution is 6.63. The molecule has 1 nitrogen and oxygen atoms in total. The third-order valence-corrected chi connectivity index (χ3v) is 1.69. The number of halogens is 1. The van der Waals surface area contributed by atoms with Crippen LogP contribution in [0.15, 0.2) is 12.2 Å². The van der Waals surface area contributed by atoms with Crippen LogP contribution in [-0.2, 0) is 4.79 Å². The molecule has 9 heavy (non-hydrogen) atoms. The Balaban J connectivity index is 2.28. The summed E-state index contributed by atoms with van der Waals surface area (Å²) in [6.07, 6.45) is 6.89. The summed E-state index contributed by atoms with van der Waals surface area (Å²) >= 11 is 5.19. The number of carbonyl (C=O) groups excluding carboxylic acids is 1. The fourth-order valence-corrected chi connectivity index (χ4v) is 1.27. The van der Waals surface area contributed by atoms with Crippen molar-refractivity contribution < 1.29 is 4.79 Å². The van der Waals surface area contributed by atoms with Crippen LogP contribution in [0.2, 0.25) is 0 Å². The molecule has 0 saturated heterocycles. The van der Waals surface area contributed by atoms with Crippen LogP contribution in [0.3, 0.4) is 0 Å². The van der Waals surface area contributed by atoms with Crippen molar-refractivity contribution >= 4 is 16.8 Å². The zero-order chi connectivity index (χ0) is 6.69. The van der Waals surface area contributed by atoms with Gasteiger partial charge in [-0.05, 0) is 30.4 Å². The van der Waals surface area contributed by atoms with Gasteiger partial charge in [0.15, 0.2) is 0 Å². The van der Waals surface area contributed by atoms with Gasteiger partial charge in [-0.15, -0.1) is 0 Å². The van der Waals surface area contributed by atoms with Gasteiger partial charge in [-0.25, -0.2) is 0 Å². The van der Waals surface area contributed by atoms with E-state index in [1.54, 1.807) is 0 Å². The van der Waals surface area contributed by atoms with Crippen molar-refractivity contribution in [1.29, 1.82) is 0 Å². The topological polar surface area (TPSA) is 17.1 Å². The van der Waals surface area contributed by atoms with Crippen molar-refractivity contribution in [1.82, 2.24) is 0 Å². The first kappa shape index (κ1) is 6.81. The van der Waals surface area contributed by atoms with Gasteiger partial charge in [0.2, 0.25) is 5.24 Å². The third kappa shape index (κ3) is 2.19. The summed E-state index contributed by atoms with van der Waals surface area (Å²) < 4.78 is 0. The zero-order valence-corrected chi connectivity index (χ0v) is 5.90. The van der Waals surface area contributed by atoms with Gasteiger partial charge < -0.3 is 0 Å². The van der Waals surface area contributed by atoms with Gasteiger partial charge in [-0.1, -0.05) is 12.2 Å². The molecule has 0 aromatic heterocycles. The van der Waals surface area contributed by atoms with E-state index in [0.717, 1.165) is 12.8 Å². The molecule has 0 amide bonds. The molecule has 0 spiro atoms. The van der Waals surface area contributed by atoms with E-state index >= 15 is 0 Å². The van der Waals surface area contributed by atoms with E-state index in [9.17, 15) is 4.79 Å². The Hall–Kier alpha value is -0.300. The van der Waals surface area contributed by atoms with Crippen LogP contribution in [0.5, 0.6) is 0 Å². The Kier molecular flexibility index (Phi) is 2.29. The number of rotatable bonds is 2. The minimum atomic E-state index is -0.216. The SMILES string of the molecule is O=C(Cl)C[C@@H]1C=CCC1. The fraction of sp³-hybridized carbons (Fsp3) is 0.571. The minimum absolute atomic E-state index is 0.216. The first-order chi connectivity index (χ1) is 4.29. The maximum Gasteiger partial charge on any atom is 0.222 e. The lowest BCUT2D eigenvalue weighted by molar-refractivity contribution is -0.112. The second-order valence-electron chi connectivity index (χ2n) is 2.32. The standard InChI is InChI=1S/C7H9ClO/c8-7(9)5-6-3-1-2-4-6/h1,3,6H,2,4-5H2/t6-/m1/s1. The summed E-state index contributed by atoms with van der Waals surface area (Å²) in [7, 11) is 0. The van der Waals surface area contributed by atoms with Crippen molar-refractivity contribution in [3.8, 4) is 0 Å². The molecule has 2 heteroatoms. The predicted octanol–water partition coefficient (Wildman–Crippen LogP) is 2.11. The molecule has 0 saturated carbocycles. The molecule has 0 fully saturated rings. The van der Waals surface area contributed by atoms with Gasteiger partial charge in [0, 0.05) is 6.42 Å². The van der Waals surface area contributed by atoms with Gasteiger partial charge in [-0.3, -0.25) is 4.79 Å². The summed E-state index contributed by atoms with van der Waals surface area (Å²) in [5, 5.41) is -0.216. The Morgan fingerprint density at radius 2 is 2.56 bits per heavy atom. The highest BCUT2D eigenvalue weighted by atomic mass is 35.5. The number of allylic oxidation sites excluding steroid dienone is 2. The number of hydrogen-bond donors (Lipinski definition) is 0. The van der Waals surface area contributed by atoms with Crippen molar-refractivity contribution in [2.45, 2.75) is 19.3 Å². The molecule has 0 heterocycles. The normalized spacial score (nSPS) is 24.8. The molecule has 1 aliphatic rings. The van der Waals surface area contributed by atoms with E-state index < -0.39 is 0 Å². The molecule has 0 N–H and O–H groups in total. The third-order valence-electron chi connectivity index (χ3n) is 1.54. The maximum atomic E-state index is 10.3. The van der Waals surface area contributed by atoms with E-state index in [-0.39, 0.29) is 5.24 Å². The highest BCUT2D eigenvalue weighted by Gasteiger charge is 2.11. The lowest BCUT2D eigenvalue weighted by Crippen LogP contribution is -1.96. The van der Waals surface area contributed by atoms with E-state index in [1.165, 1.54) is 0 Å². The van der Waals surface area contributed by atoms with Crippen LogP contribution in [0.25, 0.3) is 0 Å². The number of carbonyl (C=O) groups is 1. The molecular weight excluding hydrogens is 136 g/mol. The van der Waals surface area contributed by atoms with Gasteiger partial charge in [0.1, 0.15) is 0 Å². The molecule has 0 aliphatic heterocycles. The Bertz CT molecular complexity index is 140. The summed E-state index contributed by atoms with van der Waals surface area (Å²) in [6, 6.07) is 0. The summed E-state index contributed by atoms with van der Waals surface area (Å²) in [4.78, 5) is 10.3. The van der Waals surface area contributed by atoms with Gasteiger partial charge in [0.05, 0.1) is 0 Å². The average Bonchev–Trinajstić information content (AvgIpc) is 2.15. The largest absolute Gasteiger partial charge is 0.281 e. The molecule has 0 bridgehead atoms. The monoisotopic (exact) mass is 144 g/mol. The second kappa shape index (κ2) is 3.02. The number of hydrogen-bond acceptors (Lipinski definition) is 1. The van der Waals surface area contributed by atoms with Crippen molar-refractivity contribution in [3.63, 3.8) is 0 Å². The first-order valence-electron chi connectivity index (χ1n) is 3.14. The van der Waals surface area contributed by atoms with E-state index in [4.69, 9.17) is 11.6 Å². The Morgan fingerprint density at radius 3 is 3.00 bits per heavy atom. The van der Waals surface area contributed by atoms with Crippen LogP contribution < -0.4 is 0 Å². The zero-order valence-electron chi connectivity index (χ0n) is 5.14. The highest BCUT2D eigenvalue weighted by Crippen LogP contribution is 2.20. The summed E-state index contributed by atoms with van der Waals surface area (Å²) in [5.74, 6) is 0.426. The summed E-state index contributed by atoms with van der Waals surface area (Å²) in [5.41, 5.74) is 0. The molecule has 1 aliphatic carbocycles. The van der Waals surface area contributed by atoms with Crippen molar-refractivity contribution in [2.75, 3.05) is 0 Å². The predicted molar refractivity (Wildman–Crippen MR) is 37.3 cm³/mol. The van der Waals surface area contributed by atoms with E-state index in [1.807, 2.05) is 0 Å². The van der Waals surface area contributed by atoms with Crippen LogP contribution in [0.4, 0.5) is 0 Å². The Morgan fingerprint density at radius 1 is 1.78 bits per heavy atom. The quantitative estimate of drug-likeness (QED) is 0.429. The first-order valence-corrected chi connectivity index (χ1v) is 3.52. The van der Waals surface area contributed by atoms with E-state index in [2.05, 4.69) is 12.2 Å². The fourth-order valence-electron chi connectivity index (χ4n) is 1.07. The van der Waals surface area contributed by atoms with Gasteiger partial charge in [-0.2, -0.15) is 0 Å². The van der Waals surface area contributed by atoms with Crippen LogP contribution >= 0.6 is 11.6 Å². The van der Waals surface area contributed by atoms with Gasteiger partial charge in [0.25, 0.3) is 0 Å². The molecule has 0 unspecified atom stereocenters. The van der Waals surface area contributed by atoms with Crippen LogP contribution in [-0.4, -0.2) is 5.24 Å². The van der Waals surface area contributed by atoms with Crippen molar-refractivity contribution in [3.05, 3.63) is 12.2 Å². The molecule has 1 atom stereocenters. The maximum absolute atomic E-state index is 10.3. The molecule has 0 aromatic carbocycles. The van der Waals surface area contributed by atoms with E-state index in [0.29, 0.717) is 12.3 Å². The molecule has 0 aromatic rings. The average molecular weight is 145 g/mol. The lowest BCUT2D eigenvalue weighted by atomic mass is 10.1. The summed E-state index contributed by atoms with van der Waals surface area (Å²) in [6.45, 7) is 0. The molecule has 50 valence electrons. The molecular formula is C7H9ClO. The smallest absolute Gasteiger partial charge is 0.222 e. The molecule has 1 rings (SSSR count). The minimum Gasteiger partial charge on any atom is -0.281 e. The van der Waals surface area contributed by atoms with Crippen LogP contribution in [0, 0.1) is 5.92 Å². The Labute approximate surface area is 59.7 Å².